The van der Waals surface area contributed by atoms with Gasteiger partial charge in [0.05, 0.1) is 11.4 Å². The van der Waals surface area contributed by atoms with Crippen LogP contribution < -0.4 is 0 Å². The summed E-state index contributed by atoms with van der Waals surface area (Å²) < 4.78 is 13.7. The number of benzene rings is 2. The first-order valence-corrected chi connectivity index (χ1v) is 7.78. The average molecular weight is 345 g/mol. The molecule has 1 fully saturated rings. The van der Waals surface area contributed by atoms with Crippen LogP contribution in [-0.2, 0) is 11.3 Å². The molecule has 2 aromatic rings. The van der Waals surface area contributed by atoms with E-state index in [-0.39, 0.29) is 28.5 Å². The van der Waals surface area contributed by atoms with Gasteiger partial charge in [-0.05, 0) is 36.0 Å². The summed E-state index contributed by atoms with van der Waals surface area (Å²) in [7, 11) is 0. The molecule has 7 heteroatoms. The van der Waals surface area contributed by atoms with Gasteiger partial charge in [0.2, 0.25) is 0 Å². The Kier molecular flexibility index (Phi) is 4.26. The number of amides is 2. The molecule has 5 nitrogen and oxygen atoms in total. The first kappa shape index (κ1) is 16.1. The summed E-state index contributed by atoms with van der Waals surface area (Å²) in [5, 5.41) is 18.5. The molecule has 1 saturated heterocycles. The second-order valence-corrected chi connectivity index (χ2v) is 6.10. The Labute approximate surface area is 141 Å². The van der Waals surface area contributed by atoms with Crippen LogP contribution in [0.4, 0.5) is 9.18 Å². The molecule has 3 rings (SSSR count). The number of rotatable bonds is 3. The highest BCUT2D eigenvalue weighted by atomic mass is 32.2. The molecule has 0 aromatic heterocycles. The van der Waals surface area contributed by atoms with E-state index in [0.717, 1.165) is 22.7 Å². The van der Waals surface area contributed by atoms with Crippen LogP contribution in [-0.4, -0.2) is 26.3 Å². The molecular formula is C17H12FNO4S. The summed E-state index contributed by atoms with van der Waals surface area (Å²) >= 11 is 0.717. The summed E-state index contributed by atoms with van der Waals surface area (Å²) in [4.78, 5) is 25.5. The lowest BCUT2D eigenvalue weighted by Crippen LogP contribution is -2.27. The summed E-state index contributed by atoms with van der Waals surface area (Å²) in [6.07, 6.45) is 1.36. The fourth-order valence-corrected chi connectivity index (χ4v) is 3.06. The van der Waals surface area contributed by atoms with Crippen LogP contribution in [0.25, 0.3) is 6.08 Å². The second-order valence-electron chi connectivity index (χ2n) is 5.10. The summed E-state index contributed by atoms with van der Waals surface area (Å²) in [5.74, 6) is -1.37. The van der Waals surface area contributed by atoms with Gasteiger partial charge in [-0.25, -0.2) is 4.39 Å². The van der Waals surface area contributed by atoms with Crippen LogP contribution in [0.1, 0.15) is 11.1 Å². The standard InChI is InChI=1S/C17H12FNO4S/c18-13-4-2-1-3-11(13)9-19-16(22)15(24-17(19)23)7-10-5-6-12(20)8-14(10)21/h1-8,20-21H,9H2/b15-7-. The zero-order valence-electron chi connectivity index (χ0n) is 12.3. The fraction of sp³-hybridized carbons (Fsp3) is 0.0588. The zero-order valence-corrected chi connectivity index (χ0v) is 13.1. The van der Waals surface area contributed by atoms with Gasteiger partial charge in [0.15, 0.2) is 0 Å². The Balaban J connectivity index is 1.86. The average Bonchev–Trinajstić information content (AvgIpc) is 2.79. The van der Waals surface area contributed by atoms with Crippen molar-refractivity contribution in [2.45, 2.75) is 6.54 Å². The predicted octanol–water partition coefficient (Wildman–Crippen LogP) is 3.47. The van der Waals surface area contributed by atoms with E-state index in [1.807, 2.05) is 0 Å². The van der Waals surface area contributed by atoms with Crippen LogP contribution in [0.3, 0.4) is 0 Å². The normalized spacial score (nSPS) is 16.2. The lowest BCUT2D eigenvalue weighted by atomic mass is 10.1. The van der Waals surface area contributed by atoms with Crippen molar-refractivity contribution in [1.82, 2.24) is 4.90 Å². The van der Waals surface area contributed by atoms with E-state index in [1.165, 1.54) is 36.4 Å². The van der Waals surface area contributed by atoms with E-state index in [2.05, 4.69) is 0 Å². The highest BCUT2D eigenvalue weighted by Gasteiger charge is 2.35. The summed E-state index contributed by atoms with van der Waals surface area (Å²) in [6, 6.07) is 9.84. The first-order chi connectivity index (χ1) is 11.5. The molecule has 0 radical (unpaired) electrons. The van der Waals surface area contributed by atoms with Gasteiger partial charge in [-0.3, -0.25) is 14.5 Å². The maximum Gasteiger partial charge on any atom is 0.293 e. The molecule has 0 saturated carbocycles. The number of carbonyl (C=O) groups excluding carboxylic acids is 2. The van der Waals surface area contributed by atoms with Crippen molar-refractivity contribution in [2.75, 3.05) is 0 Å². The quantitative estimate of drug-likeness (QED) is 0.833. The Hall–Kier alpha value is -2.80. The predicted molar refractivity (Wildman–Crippen MR) is 87.7 cm³/mol. The Morgan fingerprint density at radius 3 is 2.58 bits per heavy atom. The molecule has 2 aromatic carbocycles. The SMILES string of the molecule is O=C1S/C(=C\c2ccc(O)cc2O)C(=O)N1Cc1ccccc1F. The molecule has 1 heterocycles. The monoisotopic (exact) mass is 345 g/mol. The number of carbonyl (C=O) groups is 2. The number of thioether (sulfide) groups is 1. The van der Waals surface area contributed by atoms with Gasteiger partial charge in [-0.15, -0.1) is 0 Å². The highest BCUT2D eigenvalue weighted by molar-refractivity contribution is 8.18. The molecular weight excluding hydrogens is 333 g/mol. The van der Waals surface area contributed by atoms with Crippen LogP contribution in [0.15, 0.2) is 47.4 Å². The molecule has 0 bridgehead atoms. The molecule has 0 aliphatic carbocycles. The van der Waals surface area contributed by atoms with Crippen LogP contribution >= 0.6 is 11.8 Å². The van der Waals surface area contributed by atoms with E-state index >= 15 is 0 Å². The minimum Gasteiger partial charge on any atom is -0.508 e. The minimum atomic E-state index is -0.555. The van der Waals surface area contributed by atoms with Crippen molar-refractivity contribution in [1.29, 1.82) is 0 Å². The molecule has 1 aliphatic rings. The molecule has 0 spiro atoms. The van der Waals surface area contributed by atoms with E-state index in [4.69, 9.17) is 0 Å². The number of nitrogens with zero attached hydrogens (tertiary/aromatic N) is 1. The maximum absolute atomic E-state index is 13.7. The number of hydrogen-bond donors (Lipinski definition) is 2. The van der Waals surface area contributed by atoms with Gasteiger partial charge in [-0.1, -0.05) is 18.2 Å². The Bertz CT molecular complexity index is 865. The Morgan fingerprint density at radius 1 is 1.12 bits per heavy atom. The largest absolute Gasteiger partial charge is 0.508 e. The van der Waals surface area contributed by atoms with E-state index in [9.17, 15) is 24.2 Å². The lowest BCUT2D eigenvalue weighted by molar-refractivity contribution is -0.123. The first-order valence-electron chi connectivity index (χ1n) is 6.96. The number of hydrogen-bond acceptors (Lipinski definition) is 5. The van der Waals surface area contributed by atoms with Crippen molar-refractivity contribution >= 4 is 29.0 Å². The van der Waals surface area contributed by atoms with E-state index in [1.54, 1.807) is 6.07 Å². The fourth-order valence-electron chi connectivity index (χ4n) is 2.23. The summed E-state index contributed by atoms with van der Waals surface area (Å²) in [5.41, 5.74) is 0.540. The summed E-state index contributed by atoms with van der Waals surface area (Å²) in [6.45, 7) is -0.157. The molecule has 24 heavy (non-hydrogen) atoms. The third-order valence-corrected chi connectivity index (χ3v) is 4.37. The minimum absolute atomic E-state index is 0.114. The number of aromatic hydroxyl groups is 2. The maximum atomic E-state index is 13.7. The number of imide groups is 1. The molecule has 1 aliphatic heterocycles. The zero-order chi connectivity index (χ0) is 17.3. The van der Waals surface area contributed by atoms with E-state index < -0.39 is 17.0 Å². The molecule has 2 N–H and O–H groups in total. The van der Waals surface area contributed by atoms with Crippen molar-refractivity contribution < 1.29 is 24.2 Å². The second kappa shape index (κ2) is 6.37. The van der Waals surface area contributed by atoms with E-state index in [0.29, 0.717) is 5.56 Å². The highest BCUT2D eigenvalue weighted by Crippen LogP contribution is 2.35. The third-order valence-electron chi connectivity index (χ3n) is 3.46. The smallest absolute Gasteiger partial charge is 0.293 e. The van der Waals surface area contributed by atoms with Crippen LogP contribution in [0.2, 0.25) is 0 Å². The van der Waals surface area contributed by atoms with Crippen LogP contribution in [0, 0.1) is 5.82 Å². The molecule has 122 valence electrons. The number of phenolic OH excluding ortho intramolecular Hbond substituents is 2. The van der Waals surface area contributed by atoms with Gasteiger partial charge in [-0.2, -0.15) is 0 Å². The van der Waals surface area contributed by atoms with Gasteiger partial charge in [0.25, 0.3) is 11.1 Å². The topological polar surface area (TPSA) is 77.8 Å². The molecule has 0 unspecified atom stereocenters. The van der Waals surface area contributed by atoms with Gasteiger partial charge < -0.3 is 10.2 Å². The Morgan fingerprint density at radius 2 is 1.88 bits per heavy atom. The third kappa shape index (κ3) is 3.11. The van der Waals surface area contributed by atoms with Crippen molar-refractivity contribution in [3.8, 4) is 11.5 Å². The van der Waals surface area contributed by atoms with Gasteiger partial charge >= 0.3 is 0 Å². The number of phenols is 2. The van der Waals surface area contributed by atoms with Crippen molar-refractivity contribution in [3.05, 3.63) is 64.3 Å². The van der Waals surface area contributed by atoms with Gasteiger partial charge in [0.1, 0.15) is 17.3 Å². The molecule has 0 atom stereocenters. The molecule has 2 amide bonds. The lowest BCUT2D eigenvalue weighted by Gasteiger charge is -2.12. The van der Waals surface area contributed by atoms with Crippen molar-refractivity contribution in [2.24, 2.45) is 0 Å². The van der Waals surface area contributed by atoms with Crippen LogP contribution in [0.5, 0.6) is 11.5 Å². The van der Waals surface area contributed by atoms with Gasteiger partial charge in [0, 0.05) is 17.2 Å². The number of halogens is 1. The van der Waals surface area contributed by atoms with Crippen molar-refractivity contribution in [3.63, 3.8) is 0 Å².